The van der Waals surface area contributed by atoms with Gasteiger partial charge in [-0.2, -0.15) is 13.2 Å². The summed E-state index contributed by atoms with van der Waals surface area (Å²) in [5.41, 5.74) is 0.0234. The van der Waals surface area contributed by atoms with Gasteiger partial charge in [0.25, 0.3) is 0 Å². The van der Waals surface area contributed by atoms with E-state index in [1.807, 2.05) is 20.8 Å². The molecule has 0 radical (unpaired) electrons. The number of aromatic nitrogens is 4. The zero-order chi connectivity index (χ0) is 21.7. The fraction of sp³-hybridized carbons (Fsp3) is 0.286. The van der Waals surface area contributed by atoms with Crippen LogP contribution in [0.15, 0.2) is 40.9 Å². The van der Waals surface area contributed by atoms with E-state index in [-0.39, 0.29) is 33.7 Å². The highest BCUT2D eigenvalue weighted by atomic mass is 19.4. The maximum atomic E-state index is 13.7. The Morgan fingerprint density at radius 2 is 1.77 bits per heavy atom. The van der Waals surface area contributed by atoms with Gasteiger partial charge in [0, 0.05) is 22.6 Å². The van der Waals surface area contributed by atoms with Crippen molar-refractivity contribution in [1.82, 2.24) is 20.1 Å². The number of pyridine rings is 1. The predicted octanol–water partition coefficient (Wildman–Crippen LogP) is 6.07. The number of rotatable bonds is 3. The van der Waals surface area contributed by atoms with Crippen molar-refractivity contribution in [3.63, 3.8) is 0 Å². The highest BCUT2D eigenvalue weighted by molar-refractivity contribution is 5.82. The lowest BCUT2D eigenvalue weighted by molar-refractivity contribution is -0.137. The van der Waals surface area contributed by atoms with E-state index in [0.717, 1.165) is 6.07 Å². The second kappa shape index (κ2) is 6.93. The molecule has 0 aliphatic heterocycles. The maximum absolute atomic E-state index is 13.7. The van der Waals surface area contributed by atoms with E-state index in [4.69, 9.17) is 4.52 Å². The lowest BCUT2D eigenvalue weighted by Crippen LogP contribution is -2.10. The summed E-state index contributed by atoms with van der Waals surface area (Å²) in [7, 11) is 0. The molecular formula is C21H18F4N4O. The van der Waals surface area contributed by atoms with E-state index in [2.05, 4.69) is 20.1 Å². The van der Waals surface area contributed by atoms with Gasteiger partial charge >= 0.3 is 6.18 Å². The van der Waals surface area contributed by atoms with Crippen molar-refractivity contribution in [3.05, 3.63) is 53.2 Å². The Kier molecular flexibility index (Phi) is 4.63. The second-order valence-electron chi connectivity index (χ2n) is 7.95. The minimum absolute atomic E-state index is 0.00549. The summed E-state index contributed by atoms with van der Waals surface area (Å²) in [6.45, 7) is 5.02. The van der Waals surface area contributed by atoms with Gasteiger partial charge in [0.15, 0.2) is 11.5 Å². The Bertz CT molecular complexity index is 1220. The average molecular weight is 418 g/mol. The minimum atomic E-state index is -4.57. The third kappa shape index (κ3) is 3.55. The largest absolute Gasteiger partial charge is 0.417 e. The van der Waals surface area contributed by atoms with E-state index < -0.39 is 18.4 Å². The molecule has 5 nitrogen and oxygen atoms in total. The molecule has 4 rings (SSSR count). The summed E-state index contributed by atoms with van der Waals surface area (Å²) >= 11 is 0. The van der Waals surface area contributed by atoms with Crippen LogP contribution in [-0.4, -0.2) is 20.1 Å². The Hall–Kier alpha value is -3.23. The SMILES string of the molecule is CC(C)(C)c1cc(-c2nc3nc(-c4ccccc4C(F)(F)F)cc(CF)c3[nH]2)on1. The summed E-state index contributed by atoms with van der Waals surface area (Å²) in [5.74, 6) is 0.608. The van der Waals surface area contributed by atoms with Crippen LogP contribution in [0, 0.1) is 0 Å². The number of H-pyrrole nitrogens is 1. The second-order valence-corrected chi connectivity index (χ2v) is 7.95. The lowest BCUT2D eigenvalue weighted by Gasteiger charge is -2.12. The molecule has 156 valence electrons. The van der Waals surface area contributed by atoms with Crippen molar-refractivity contribution < 1.29 is 22.1 Å². The fourth-order valence-electron chi connectivity index (χ4n) is 3.11. The molecule has 0 spiro atoms. The van der Waals surface area contributed by atoms with Gasteiger partial charge in [0.05, 0.1) is 22.5 Å². The van der Waals surface area contributed by atoms with Gasteiger partial charge in [-0.05, 0) is 12.1 Å². The number of hydrogen-bond donors (Lipinski definition) is 1. The van der Waals surface area contributed by atoms with Gasteiger partial charge < -0.3 is 9.51 Å². The quantitative estimate of drug-likeness (QED) is 0.410. The number of imidazole rings is 1. The number of benzene rings is 1. The summed E-state index contributed by atoms with van der Waals surface area (Å²) in [6.07, 6.45) is -4.57. The van der Waals surface area contributed by atoms with Gasteiger partial charge in [-0.25, -0.2) is 14.4 Å². The van der Waals surface area contributed by atoms with Gasteiger partial charge in [-0.3, -0.25) is 0 Å². The van der Waals surface area contributed by atoms with Crippen LogP contribution in [0.2, 0.25) is 0 Å². The Morgan fingerprint density at radius 3 is 2.40 bits per heavy atom. The van der Waals surface area contributed by atoms with Gasteiger partial charge in [-0.1, -0.05) is 44.1 Å². The van der Waals surface area contributed by atoms with E-state index in [0.29, 0.717) is 17.0 Å². The Labute approximate surface area is 169 Å². The fourth-order valence-corrected chi connectivity index (χ4v) is 3.11. The van der Waals surface area contributed by atoms with Crippen LogP contribution >= 0.6 is 0 Å². The molecule has 0 aliphatic carbocycles. The smallest absolute Gasteiger partial charge is 0.353 e. The number of aromatic amines is 1. The molecule has 0 bridgehead atoms. The lowest BCUT2D eigenvalue weighted by atomic mass is 9.92. The number of hydrogen-bond acceptors (Lipinski definition) is 4. The monoisotopic (exact) mass is 418 g/mol. The summed E-state index contributed by atoms with van der Waals surface area (Å²) in [5, 5.41) is 4.03. The van der Waals surface area contributed by atoms with Crippen molar-refractivity contribution in [2.75, 3.05) is 0 Å². The van der Waals surface area contributed by atoms with Crippen LogP contribution in [0.25, 0.3) is 34.0 Å². The molecule has 0 unspecified atom stereocenters. The third-order valence-corrected chi connectivity index (χ3v) is 4.71. The van der Waals surface area contributed by atoms with Gasteiger partial charge in [-0.15, -0.1) is 0 Å². The van der Waals surface area contributed by atoms with Crippen LogP contribution in [0.3, 0.4) is 0 Å². The Balaban J connectivity index is 1.86. The van der Waals surface area contributed by atoms with E-state index in [1.165, 1.54) is 24.3 Å². The first kappa shape index (κ1) is 20.1. The molecule has 3 aromatic heterocycles. The van der Waals surface area contributed by atoms with Crippen molar-refractivity contribution in [1.29, 1.82) is 0 Å². The van der Waals surface area contributed by atoms with Crippen LogP contribution in [0.5, 0.6) is 0 Å². The molecule has 0 saturated carbocycles. The molecule has 9 heteroatoms. The van der Waals surface area contributed by atoms with E-state index in [9.17, 15) is 17.6 Å². The minimum Gasteiger partial charge on any atom is -0.353 e. The number of nitrogens with zero attached hydrogens (tertiary/aromatic N) is 3. The van der Waals surface area contributed by atoms with Crippen LogP contribution < -0.4 is 0 Å². The molecule has 0 saturated heterocycles. The predicted molar refractivity (Wildman–Crippen MR) is 103 cm³/mol. The topological polar surface area (TPSA) is 67.6 Å². The molecule has 0 atom stereocenters. The number of nitrogens with one attached hydrogen (secondary N) is 1. The highest BCUT2D eigenvalue weighted by Crippen LogP contribution is 2.37. The first-order valence-electron chi connectivity index (χ1n) is 9.17. The first-order valence-corrected chi connectivity index (χ1v) is 9.17. The van der Waals surface area contributed by atoms with Crippen LogP contribution in [-0.2, 0) is 18.3 Å². The zero-order valence-corrected chi connectivity index (χ0v) is 16.4. The number of alkyl halides is 4. The number of halogens is 4. The molecular weight excluding hydrogens is 400 g/mol. The molecule has 1 N–H and O–H groups in total. The standard InChI is InChI=1S/C21H18F4N4O/c1-20(2,3)16-9-15(30-29-16)18-27-17-11(10-22)8-14(26-19(17)28-18)12-6-4-5-7-13(12)21(23,24)25/h4-9H,10H2,1-3H3,(H,26,27,28). The molecule has 30 heavy (non-hydrogen) atoms. The van der Waals surface area contributed by atoms with Gasteiger partial charge in [0.1, 0.15) is 6.67 Å². The van der Waals surface area contributed by atoms with E-state index >= 15 is 0 Å². The molecule has 0 amide bonds. The summed E-state index contributed by atoms with van der Waals surface area (Å²) in [6, 6.07) is 8.06. The van der Waals surface area contributed by atoms with Crippen molar-refractivity contribution in [2.45, 2.75) is 39.0 Å². The first-order chi connectivity index (χ1) is 14.1. The average Bonchev–Trinajstić information content (AvgIpc) is 3.33. The van der Waals surface area contributed by atoms with Gasteiger partial charge in [0.2, 0.25) is 5.76 Å². The zero-order valence-electron chi connectivity index (χ0n) is 16.4. The molecule has 0 aliphatic rings. The van der Waals surface area contributed by atoms with Crippen LogP contribution in [0.4, 0.5) is 17.6 Å². The maximum Gasteiger partial charge on any atom is 0.417 e. The number of fused-ring (bicyclic) bond motifs is 1. The van der Waals surface area contributed by atoms with Crippen molar-refractivity contribution in [2.24, 2.45) is 0 Å². The molecule has 4 aromatic rings. The molecule has 1 aromatic carbocycles. The molecule has 0 fully saturated rings. The third-order valence-electron chi connectivity index (χ3n) is 4.71. The summed E-state index contributed by atoms with van der Waals surface area (Å²) < 4.78 is 59.3. The molecule has 3 heterocycles. The van der Waals surface area contributed by atoms with Crippen LogP contribution in [0.1, 0.15) is 37.6 Å². The Morgan fingerprint density at radius 1 is 1.03 bits per heavy atom. The van der Waals surface area contributed by atoms with Crippen molar-refractivity contribution >= 4 is 11.2 Å². The van der Waals surface area contributed by atoms with E-state index in [1.54, 1.807) is 6.07 Å². The summed E-state index contributed by atoms with van der Waals surface area (Å²) in [4.78, 5) is 11.5. The van der Waals surface area contributed by atoms with Crippen molar-refractivity contribution in [3.8, 4) is 22.8 Å². The normalized spacial score (nSPS) is 12.6. The highest BCUT2D eigenvalue weighted by Gasteiger charge is 2.34.